The van der Waals surface area contributed by atoms with E-state index in [1.165, 1.54) is 4.31 Å². The van der Waals surface area contributed by atoms with E-state index in [0.29, 0.717) is 31.9 Å². The third kappa shape index (κ3) is 4.70. The van der Waals surface area contributed by atoms with Crippen molar-refractivity contribution in [3.8, 4) is 5.75 Å². The van der Waals surface area contributed by atoms with Gasteiger partial charge in [-0.15, -0.1) is 0 Å². The van der Waals surface area contributed by atoms with E-state index in [0.717, 1.165) is 28.8 Å². The summed E-state index contributed by atoms with van der Waals surface area (Å²) in [6.45, 7) is 5.99. The molecule has 0 radical (unpaired) electrons. The number of carbonyl (C=O) groups excluding carboxylic acids is 1. The molecule has 0 aromatic heterocycles. The summed E-state index contributed by atoms with van der Waals surface area (Å²) in [5.41, 5.74) is 3.40. The van der Waals surface area contributed by atoms with Crippen LogP contribution in [0.15, 0.2) is 42.5 Å². The van der Waals surface area contributed by atoms with Crippen molar-refractivity contribution in [3.63, 3.8) is 0 Å². The predicted molar refractivity (Wildman–Crippen MR) is 120 cm³/mol. The van der Waals surface area contributed by atoms with Crippen LogP contribution < -0.4 is 13.9 Å². The lowest BCUT2D eigenvalue weighted by Crippen LogP contribution is -2.52. The van der Waals surface area contributed by atoms with Crippen molar-refractivity contribution in [2.75, 3.05) is 55.3 Å². The summed E-state index contributed by atoms with van der Waals surface area (Å²) in [5.74, 6) is 0.608. The SMILES string of the molecule is COc1ccccc1N1CCN(C(=O)CN(c2cccc(C)c2C)S(C)(=O)=O)CC1. The second-order valence-corrected chi connectivity index (χ2v) is 9.44. The van der Waals surface area contributed by atoms with Crippen LogP contribution in [-0.4, -0.2) is 65.3 Å². The predicted octanol–water partition coefficient (Wildman–Crippen LogP) is 2.43. The van der Waals surface area contributed by atoms with Gasteiger partial charge < -0.3 is 14.5 Å². The first-order valence-electron chi connectivity index (χ1n) is 9.92. The maximum absolute atomic E-state index is 13.0. The number of carbonyl (C=O) groups is 1. The van der Waals surface area contributed by atoms with E-state index in [1.54, 1.807) is 18.1 Å². The van der Waals surface area contributed by atoms with E-state index in [1.807, 2.05) is 50.2 Å². The van der Waals surface area contributed by atoms with Gasteiger partial charge in [-0.3, -0.25) is 9.10 Å². The number of rotatable bonds is 6. The van der Waals surface area contributed by atoms with Crippen LogP contribution in [0.5, 0.6) is 5.75 Å². The Balaban J connectivity index is 1.71. The molecule has 2 aromatic carbocycles. The molecule has 0 atom stereocenters. The standard InChI is InChI=1S/C22H29N3O4S/c1-17-8-7-10-19(18(17)2)25(30(4,27)28)16-22(26)24-14-12-23(13-15-24)20-9-5-6-11-21(20)29-3/h5-11H,12-16H2,1-4H3. The Hall–Kier alpha value is -2.74. The number of amides is 1. The Labute approximate surface area is 178 Å². The maximum atomic E-state index is 13.0. The van der Waals surface area contributed by atoms with Crippen molar-refractivity contribution in [2.45, 2.75) is 13.8 Å². The van der Waals surface area contributed by atoms with Gasteiger partial charge in [-0.25, -0.2) is 8.42 Å². The lowest BCUT2D eigenvalue weighted by Gasteiger charge is -2.37. The molecule has 30 heavy (non-hydrogen) atoms. The monoisotopic (exact) mass is 431 g/mol. The summed E-state index contributed by atoms with van der Waals surface area (Å²) in [6.07, 6.45) is 1.14. The van der Waals surface area contributed by atoms with Gasteiger partial charge >= 0.3 is 0 Å². The summed E-state index contributed by atoms with van der Waals surface area (Å²) in [5, 5.41) is 0. The van der Waals surface area contributed by atoms with Gasteiger partial charge in [-0.05, 0) is 43.2 Å². The largest absolute Gasteiger partial charge is 0.495 e. The van der Waals surface area contributed by atoms with Crippen LogP contribution in [0, 0.1) is 13.8 Å². The molecule has 1 saturated heterocycles. The molecule has 1 fully saturated rings. The number of sulfonamides is 1. The minimum absolute atomic E-state index is 0.194. The first-order valence-corrected chi connectivity index (χ1v) is 11.8. The fraction of sp³-hybridized carbons (Fsp3) is 0.409. The van der Waals surface area contributed by atoms with E-state index in [9.17, 15) is 13.2 Å². The minimum Gasteiger partial charge on any atom is -0.495 e. The molecule has 3 rings (SSSR count). The van der Waals surface area contributed by atoms with Crippen LogP contribution in [0.25, 0.3) is 0 Å². The highest BCUT2D eigenvalue weighted by Gasteiger charge is 2.28. The smallest absolute Gasteiger partial charge is 0.243 e. The van der Waals surface area contributed by atoms with Crippen LogP contribution in [0.3, 0.4) is 0 Å². The zero-order chi connectivity index (χ0) is 21.9. The maximum Gasteiger partial charge on any atom is 0.243 e. The van der Waals surface area contributed by atoms with E-state index >= 15 is 0 Å². The van der Waals surface area contributed by atoms with Crippen LogP contribution in [0.4, 0.5) is 11.4 Å². The zero-order valence-electron chi connectivity index (χ0n) is 18.0. The van der Waals surface area contributed by atoms with Crippen molar-refractivity contribution in [1.29, 1.82) is 0 Å². The molecule has 1 aliphatic rings. The Bertz CT molecular complexity index is 1010. The molecule has 0 aliphatic carbocycles. The van der Waals surface area contributed by atoms with E-state index in [4.69, 9.17) is 4.74 Å². The highest BCUT2D eigenvalue weighted by molar-refractivity contribution is 7.92. The summed E-state index contributed by atoms with van der Waals surface area (Å²) in [4.78, 5) is 16.9. The van der Waals surface area contributed by atoms with Crippen LogP contribution in [-0.2, 0) is 14.8 Å². The number of hydrogen-bond donors (Lipinski definition) is 0. The molecule has 0 saturated carbocycles. The summed E-state index contributed by atoms with van der Waals surface area (Å²) in [6, 6.07) is 13.3. The zero-order valence-corrected chi connectivity index (χ0v) is 18.8. The molecule has 0 bridgehead atoms. The van der Waals surface area contributed by atoms with Gasteiger partial charge in [-0.2, -0.15) is 0 Å². The molecular formula is C22H29N3O4S. The first kappa shape index (κ1) is 22.0. The van der Waals surface area contributed by atoms with Crippen LogP contribution in [0.2, 0.25) is 0 Å². The lowest BCUT2D eigenvalue weighted by atomic mass is 10.1. The average molecular weight is 432 g/mol. The molecule has 162 valence electrons. The van der Waals surface area contributed by atoms with Crippen molar-refractivity contribution < 1.29 is 17.9 Å². The molecule has 2 aromatic rings. The van der Waals surface area contributed by atoms with Crippen LogP contribution in [0.1, 0.15) is 11.1 Å². The normalized spacial score (nSPS) is 14.5. The Kier molecular flexibility index (Phi) is 6.55. The number of methoxy groups -OCH3 is 1. The van der Waals surface area contributed by atoms with Crippen molar-refractivity contribution in [3.05, 3.63) is 53.6 Å². The van der Waals surface area contributed by atoms with Crippen molar-refractivity contribution in [1.82, 2.24) is 4.90 Å². The lowest BCUT2D eigenvalue weighted by molar-refractivity contribution is -0.129. The second-order valence-electron chi connectivity index (χ2n) is 7.53. The van der Waals surface area contributed by atoms with Gasteiger partial charge in [0, 0.05) is 26.2 Å². The summed E-state index contributed by atoms with van der Waals surface area (Å²) < 4.78 is 31.6. The number of hydrogen-bond acceptors (Lipinski definition) is 5. The van der Waals surface area contributed by atoms with Gasteiger partial charge in [0.15, 0.2) is 0 Å². The molecule has 8 heteroatoms. The minimum atomic E-state index is -3.59. The van der Waals surface area contributed by atoms with E-state index in [-0.39, 0.29) is 12.5 Å². The molecule has 0 spiro atoms. The summed E-state index contributed by atoms with van der Waals surface area (Å²) >= 11 is 0. The van der Waals surface area contributed by atoms with Gasteiger partial charge in [0.2, 0.25) is 15.9 Å². The molecule has 0 N–H and O–H groups in total. The van der Waals surface area contributed by atoms with Gasteiger partial charge in [0.25, 0.3) is 0 Å². The third-order valence-electron chi connectivity index (χ3n) is 5.58. The quantitative estimate of drug-likeness (QED) is 0.703. The van der Waals surface area contributed by atoms with Gasteiger partial charge in [0.05, 0.1) is 24.7 Å². The highest BCUT2D eigenvalue weighted by atomic mass is 32.2. The van der Waals surface area contributed by atoms with Crippen molar-refractivity contribution in [2.24, 2.45) is 0 Å². The fourth-order valence-corrected chi connectivity index (χ4v) is 4.60. The van der Waals surface area contributed by atoms with E-state index in [2.05, 4.69) is 4.90 Å². The number of anilines is 2. The first-order chi connectivity index (χ1) is 14.2. The van der Waals surface area contributed by atoms with E-state index < -0.39 is 10.0 Å². The summed E-state index contributed by atoms with van der Waals surface area (Å²) in [7, 11) is -1.95. The highest BCUT2D eigenvalue weighted by Crippen LogP contribution is 2.29. The molecule has 1 aliphatic heterocycles. The Morgan fingerprint density at radius 1 is 1.03 bits per heavy atom. The topological polar surface area (TPSA) is 70.2 Å². The fourth-order valence-electron chi connectivity index (χ4n) is 3.70. The molecule has 7 nitrogen and oxygen atoms in total. The van der Waals surface area contributed by atoms with Gasteiger partial charge in [-0.1, -0.05) is 24.3 Å². The van der Waals surface area contributed by atoms with Crippen molar-refractivity contribution >= 4 is 27.3 Å². The number of aryl methyl sites for hydroxylation is 1. The number of para-hydroxylation sites is 2. The number of ether oxygens (including phenoxy) is 1. The molecule has 0 unspecified atom stereocenters. The Morgan fingerprint density at radius 2 is 1.70 bits per heavy atom. The van der Waals surface area contributed by atoms with Crippen LogP contribution >= 0.6 is 0 Å². The molecule has 1 amide bonds. The molecule has 1 heterocycles. The third-order valence-corrected chi connectivity index (χ3v) is 6.71. The Morgan fingerprint density at radius 3 is 2.33 bits per heavy atom. The molecular weight excluding hydrogens is 402 g/mol. The second kappa shape index (κ2) is 8.95. The average Bonchev–Trinajstić information content (AvgIpc) is 2.73. The number of piperazine rings is 1. The number of nitrogens with zero attached hydrogens (tertiary/aromatic N) is 3. The number of benzene rings is 2. The van der Waals surface area contributed by atoms with Gasteiger partial charge in [0.1, 0.15) is 12.3 Å².